The van der Waals surface area contributed by atoms with Gasteiger partial charge in [0.25, 0.3) is 0 Å². The lowest BCUT2D eigenvalue weighted by Gasteiger charge is -2.09. The molecular weight excluding hydrogens is 452 g/mol. The van der Waals surface area contributed by atoms with Crippen molar-refractivity contribution in [2.75, 3.05) is 27.4 Å². The molecule has 3 heterocycles. The molecule has 0 unspecified atom stereocenters. The van der Waals surface area contributed by atoms with E-state index in [2.05, 4.69) is 25.8 Å². The number of hydrogen-bond donors (Lipinski definition) is 1. The zero-order chi connectivity index (χ0) is 24.2. The third-order valence-corrected chi connectivity index (χ3v) is 5.33. The van der Waals surface area contributed by atoms with Crippen LogP contribution in [0.2, 0.25) is 0 Å². The standard InChI is InChI=1S/C24H22N6O5/c1-32-19-8-7-15(13-20(19)33-2)24-27-26-21-9-10-23(28-30(21)24)34-12-11-25-22(31)14-17-16-5-3-4-6-18(16)35-29-17/h3-10,13H,11-12,14H2,1-2H3,(H,25,31). The van der Waals surface area contributed by atoms with Gasteiger partial charge in [0.15, 0.2) is 28.6 Å². The maximum Gasteiger partial charge on any atom is 0.231 e. The molecule has 0 bridgehead atoms. The predicted octanol–water partition coefficient (Wildman–Crippen LogP) is 2.69. The number of carbonyl (C=O) groups excluding carboxylic acids is 1. The lowest BCUT2D eigenvalue weighted by Crippen LogP contribution is -2.29. The summed E-state index contributed by atoms with van der Waals surface area (Å²) in [5.41, 5.74) is 2.57. The molecule has 0 spiro atoms. The molecule has 0 fully saturated rings. The molecule has 11 nitrogen and oxygen atoms in total. The number of methoxy groups -OCH3 is 2. The number of para-hydroxylation sites is 1. The highest BCUT2D eigenvalue weighted by Gasteiger charge is 2.14. The molecule has 5 aromatic rings. The van der Waals surface area contributed by atoms with E-state index in [9.17, 15) is 4.79 Å². The molecule has 11 heteroatoms. The second kappa shape index (κ2) is 9.67. The Balaban J connectivity index is 1.21. The van der Waals surface area contributed by atoms with E-state index in [0.29, 0.717) is 46.7 Å². The molecule has 0 saturated heterocycles. The van der Waals surface area contributed by atoms with Gasteiger partial charge in [-0.3, -0.25) is 4.79 Å². The Labute approximate surface area is 199 Å². The second-order valence-corrected chi connectivity index (χ2v) is 7.54. The minimum atomic E-state index is -0.175. The van der Waals surface area contributed by atoms with Crippen molar-refractivity contribution in [2.24, 2.45) is 0 Å². The van der Waals surface area contributed by atoms with Gasteiger partial charge in [-0.25, -0.2) is 0 Å². The number of rotatable bonds is 9. The van der Waals surface area contributed by atoms with Crippen molar-refractivity contribution >= 4 is 22.5 Å². The van der Waals surface area contributed by atoms with E-state index >= 15 is 0 Å². The smallest absolute Gasteiger partial charge is 0.231 e. The summed E-state index contributed by atoms with van der Waals surface area (Å²) in [5.74, 6) is 1.91. The Morgan fingerprint density at radius 3 is 2.74 bits per heavy atom. The van der Waals surface area contributed by atoms with Gasteiger partial charge in [0, 0.05) is 17.0 Å². The van der Waals surface area contributed by atoms with Gasteiger partial charge in [0.1, 0.15) is 12.3 Å². The summed E-state index contributed by atoms with van der Waals surface area (Å²) in [4.78, 5) is 12.3. The molecule has 1 N–H and O–H groups in total. The molecule has 0 aliphatic heterocycles. The number of nitrogens with zero attached hydrogens (tertiary/aromatic N) is 5. The summed E-state index contributed by atoms with van der Waals surface area (Å²) in [6, 6.07) is 16.3. The van der Waals surface area contributed by atoms with Crippen LogP contribution in [0.4, 0.5) is 0 Å². The zero-order valence-electron chi connectivity index (χ0n) is 19.1. The normalized spacial score (nSPS) is 11.0. The Kier molecular flexibility index (Phi) is 6.12. The maximum atomic E-state index is 12.3. The van der Waals surface area contributed by atoms with Gasteiger partial charge >= 0.3 is 0 Å². The average Bonchev–Trinajstić information content (AvgIpc) is 3.50. The Morgan fingerprint density at radius 2 is 1.89 bits per heavy atom. The number of hydrogen-bond acceptors (Lipinski definition) is 9. The van der Waals surface area contributed by atoms with Crippen molar-refractivity contribution < 1.29 is 23.5 Å². The number of carbonyl (C=O) groups is 1. The highest BCUT2D eigenvalue weighted by Crippen LogP contribution is 2.31. The first-order valence-electron chi connectivity index (χ1n) is 10.8. The molecule has 3 aromatic heterocycles. The largest absolute Gasteiger partial charge is 0.493 e. The van der Waals surface area contributed by atoms with Crippen LogP contribution in [-0.4, -0.2) is 58.2 Å². The van der Waals surface area contributed by atoms with Crippen molar-refractivity contribution in [1.82, 2.24) is 30.3 Å². The first-order chi connectivity index (χ1) is 17.2. The number of fused-ring (bicyclic) bond motifs is 2. The third kappa shape index (κ3) is 4.56. The van der Waals surface area contributed by atoms with Gasteiger partial charge in [0.05, 0.1) is 27.2 Å². The summed E-state index contributed by atoms with van der Waals surface area (Å²) in [6.07, 6.45) is 0.122. The van der Waals surface area contributed by atoms with E-state index in [1.165, 1.54) is 0 Å². The van der Waals surface area contributed by atoms with Crippen LogP contribution in [0.25, 0.3) is 28.0 Å². The van der Waals surface area contributed by atoms with E-state index in [-0.39, 0.29) is 18.9 Å². The SMILES string of the molecule is COc1ccc(-c2nnc3ccc(OCCNC(=O)Cc4noc5ccccc45)nn23)cc1OC. The van der Waals surface area contributed by atoms with Gasteiger partial charge in [-0.15, -0.1) is 15.3 Å². The average molecular weight is 474 g/mol. The molecule has 5 rings (SSSR count). The van der Waals surface area contributed by atoms with Crippen LogP contribution in [-0.2, 0) is 11.2 Å². The molecule has 0 atom stereocenters. The number of benzene rings is 2. The van der Waals surface area contributed by atoms with Crippen LogP contribution in [0.15, 0.2) is 59.1 Å². The minimum Gasteiger partial charge on any atom is -0.493 e. The fourth-order valence-electron chi connectivity index (χ4n) is 3.63. The van der Waals surface area contributed by atoms with Gasteiger partial charge in [-0.1, -0.05) is 17.3 Å². The molecular formula is C24H22N6O5. The van der Waals surface area contributed by atoms with E-state index in [0.717, 1.165) is 10.9 Å². The number of aromatic nitrogens is 5. The molecule has 0 aliphatic carbocycles. The second-order valence-electron chi connectivity index (χ2n) is 7.54. The Morgan fingerprint density at radius 1 is 1.03 bits per heavy atom. The summed E-state index contributed by atoms with van der Waals surface area (Å²) in [7, 11) is 3.15. The van der Waals surface area contributed by atoms with Crippen LogP contribution < -0.4 is 19.5 Å². The lowest BCUT2D eigenvalue weighted by molar-refractivity contribution is -0.120. The third-order valence-electron chi connectivity index (χ3n) is 5.33. The van der Waals surface area contributed by atoms with E-state index < -0.39 is 0 Å². The van der Waals surface area contributed by atoms with Crippen LogP contribution in [0.1, 0.15) is 5.69 Å². The summed E-state index contributed by atoms with van der Waals surface area (Å²) < 4.78 is 23.2. The highest BCUT2D eigenvalue weighted by atomic mass is 16.5. The van der Waals surface area contributed by atoms with Crippen LogP contribution in [0, 0.1) is 0 Å². The van der Waals surface area contributed by atoms with E-state index in [1.54, 1.807) is 43.0 Å². The maximum absolute atomic E-state index is 12.3. The van der Waals surface area contributed by atoms with Gasteiger partial charge in [-0.05, 0) is 36.4 Å². The molecule has 178 valence electrons. The first-order valence-corrected chi connectivity index (χ1v) is 10.8. The Hall–Kier alpha value is -4.67. The van der Waals surface area contributed by atoms with E-state index in [1.807, 2.05) is 30.3 Å². The zero-order valence-corrected chi connectivity index (χ0v) is 19.1. The lowest BCUT2D eigenvalue weighted by atomic mass is 10.2. The summed E-state index contributed by atoms with van der Waals surface area (Å²) >= 11 is 0. The molecule has 0 radical (unpaired) electrons. The summed E-state index contributed by atoms with van der Waals surface area (Å²) in [6.45, 7) is 0.538. The van der Waals surface area contributed by atoms with Crippen molar-refractivity contribution in [3.63, 3.8) is 0 Å². The Bertz CT molecular complexity index is 1490. The number of nitrogens with one attached hydrogen (secondary N) is 1. The molecule has 1 amide bonds. The quantitative estimate of drug-likeness (QED) is 0.321. The van der Waals surface area contributed by atoms with Crippen molar-refractivity contribution in [3.8, 4) is 28.8 Å². The predicted molar refractivity (Wildman–Crippen MR) is 126 cm³/mol. The number of ether oxygens (including phenoxy) is 3. The topological polar surface area (TPSA) is 126 Å². The first kappa shape index (κ1) is 22.1. The monoisotopic (exact) mass is 474 g/mol. The van der Waals surface area contributed by atoms with Crippen LogP contribution in [0.3, 0.4) is 0 Å². The van der Waals surface area contributed by atoms with Crippen molar-refractivity contribution in [3.05, 3.63) is 60.3 Å². The fourth-order valence-corrected chi connectivity index (χ4v) is 3.63. The molecule has 35 heavy (non-hydrogen) atoms. The molecule has 0 aliphatic rings. The van der Waals surface area contributed by atoms with Crippen LogP contribution in [0.5, 0.6) is 17.4 Å². The van der Waals surface area contributed by atoms with E-state index in [4.69, 9.17) is 18.7 Å². The van der Waals surface area contributed by atoms with Crippen molar-refractivity contribution in [2.45, 2.75) is 6.42 Å². The number of amides is 1. The van der Waals surface area contributed by atoms with Gasteiger partial charge in [-0.2, -0.15) is 4.52 Å². The fraction of sp³-hybridized carbons (Fsp3) is 0.208. The van der Waals surface area contributed by atoms with Crippen LogP contribution >= 0.6 is 0 Å². The highest BCUT2D eigenvalue weighted by molar-refractivity contribution is 5.86. The van der Waals surface area contributed by atoms with Crippen molar-refractivity contribution in [1.29, 1.82) is 0 Å². The van der Waals surface area contributed by atoms with Gasteiger partial charge in [0.2, 0.25) is 11.8 Å². The summed E-state index contributed by atoms with van der Waals surface area (Å²) in [5, 5.41) is 20.5. The molecule has 2 aromatic carbocycles. The minimum absolute atomic E-state index is 0.122. The molecule has 0 saturated carbocycles. The van der Waals surface area contributed by atoms with Gasteiger partial charge < -0.3 is 24.1 Å².